The van der Waals surface area contributed by atoms with Crippen LogP contribution in [0.25, 0.3) is 0 Å². The first-order valence-electron chi connectivity index (χ1n) is 8.39. The second-order valence-corrected chi connectivity index (χ2v) is 8.43. The fraction of sp³-hybridized carbons (Fsp3) is 0.389. The van der Waals surface area contributed by atoms with Gasteiger partial charge < -0.3 is 10.1 Å². The highest BCUT2D eigenvalue weighted by atomic mass is 32.2. The summed E-state index contributed by atoms with van der Waals surface area (Å²) < 4.78 is 33.5. The van der Waals surface area contributed by atoms with Crippen LogP contribution in [0.5, 0.6) is 5.75 Å². The Bertz CT molecular complexity index is 885. The molecular weight excluding hydrogens is 338 g/mol. The molecule has 0 aliphatic carbocycles. The molecule has 1 N–H and O–H groups in total. The van der Waals surface area contributed by atoms with Crippen LogP contribution < -0.4 is 10.1 Å². The number of hydrogen-bond acceptors (Lipinski definition) is 5. The molecule has 0 unspecified atom stereocenters. The molecule has 0 bridgehead atoms. The van der Waals surface area contributed by atoms with Crippen LogP contribution in [0.2, 0.25) is 0 Å². The zero-order valence-electron chi connectivity index (χ0n) is 14.1. The van der Waals surface area contributed by atoms with Crippen molar-refractivity contribution in [1.82, 2.24) is 14.6 Å². The van der Waals surface area contributed by atoms with E-state index in [1.54, 1.807) is 34.8 Å². The van der Waals surface area contributed by atoms with Gasteiger partial charge in [-0.05, 0) is 36.2 Å². The molecule has 3 heterocycles. The van der Waals surface area contributed by atoms with E-state index in [2.05, 4.69) is 10.3 Å². The second kappa shape index (κ2) is 6.40. The molecule has 1 aromatic carbocycles. The number of nitrogens with one attached hydrogen (secondary N) is 1. The third-order valence-electron chi connectivity index (χ3n) is 5.09. The number of fused-ring (bicyclic) bond motifs is 3. The Morgan fingerprint density at radius 3 is 2.88 bits per heavy atom. The van der Waals surface area contributed by atoms with Gasteiger partial charge in [-0.1, -0.05) is 18.2 Å². The Hall–Kier alpha value is -1.96. The summed E-state index contributed by atoms with van der Waals surface area (Å²) in [5.74, 6) is 0.856. The van der Waals surface area contributed by atoms with Gasteiger partial charge in [0.2, 0.25) is 10.0 Å². The van der Waals surface area contributed by atoms with Gasteiger partial charge >= 0.3 is 0 Å². The number of ether oxygens (including phenoxy) is 1. The maximum Gasteiger partial charge on any atom is 0.247 e. The summed E-state index contributed by atoms with van der Waals surface area (Å²) >= 11 is 0. The minimum Gasteiger partial charge on any atom is -0.495 e. The van der Waals surface area contributed by atoms with E-state index in [0.29, 0.717) is 18.8 Å². The van der Waals surface area contributed by atoms with E-state index in [0.717, 1.165) is 24.3 Å². The second-order valence-electron chi connectivity index (χ2n) is 6.52. The number of para-hydroxylation sites is 1. The van der Waals surface area contributed by atoms with E-state index in [9.17, 15) is 8.42 Å². The summed E-state index contributed by atoms with van der Waals surface area (Å²) in [7, 11) is -2.16. The van der Waals surface area contributed by atoms with Crippen LogP contribution in [0.1, 0.15) is 17.2 Å². The smallest absolute Gasteiger partial charge is 0.247 e. The highest BCUT2D eigenvalue weighted by Crippen LogP contribution is 2.36. The average molecular weight is 359 g/mol. The number of pyridine rings is 1. The summed E-state index contributed by atoms with van der Waals surface area (Å²) in [4.78, 5) is 4.77. The zero-order valence-corrected chi connectivity index (χ0v) is 14.9. The van der Waals surface area contributed by atoms with Gasteiger partial charge in [-0.25, -0.2) is 8.42 Å². The monoisotopic (exact) mass is 359 g/mol. The minimum absolute atomic E-state index is 0.215. The molecule has 0 radical (unpaired) electrons. The molecule has 6 nitrogen and oxygen atoms in total. The Labute approximate surface area is 147 Å². The Kier molecular flexibility index (Phi) is 4.23. The lowest BCUT2D eigenvalue weighted by Crippen LogP contribution is -2.35. The third-order valence-corrected chi connectivity index (χ3v) is 6.94. The first kappa shape index (κ1) is 16.5. The molecule has 25 heavy (non-hydrogen) atoms. The van der Waals surface area contributed by atoms with Crippen molar-refractivity contribution in [3.63, 3.8) is 0 Å². The van der Waals surface area contributed by atoms with E-state index in [1.165, 1.54) is 7.11 Å². The average Bonchev–Trinajstić information content (AvgIpc) is 3.03. The van der Waals surface area contributed by atoms with Crippen LogP contribution >= 0.6 is 0 Å². The van der Waals surface area contributed by atoms with Crippen molar-refractivity contribution in [2.45, 2.75) is 17.4 Å². The molecule has 2 aromatic rings. The molecule has 132 valence electrons. The maximum atomic E-state index is 13.3. The number of methoxy groups -OCH3 is 1. The fourth-order valence-corrected chi connectivity index (χ4v) is 5.46. The van der Waals surface area contributed by atoms with E-state index in [4.69, 9.17) is 4.74 Å². The van der Waals surface area contributed by atoms with E-state index < -0.39 is 10.0 Å². The normalized spacial score (nSPS) is 23.6. The van der Waals surface area contributed by atoms with Crippen molar-refractivity contribution in [1.29, 1.82) is 0 Å². The Morgan fingerprint density at radius 1 is 1.20 bits per heavy atom. The molecule has 2 aliphatic heterocycles. The molecule has 1 fully saturated rings. The quantitative estimate of drug-likeness (QED) is 0.901. The standard InChI is InChI=1S/C18H21N3O3S/c1-24-16-6-2-3-7-17(16)25(22,23)21-11-13-5-4-8-20-18(13)15-10-19-9-14(15)12-21/h2-8,14-15,19H,9-12H2,1H3/t14-,15+/m0/s1. The molecule has 2 aliphatic rings. The minimum atomic E-state index is -3.66. The highest BCUT2D eigenvalue weighted by Gasteiger charge is 2.39. The first-order chi connectivity index (χ1) is 12.1. The number of hydrogen-bond donors (Lipinski definition) is 1. The van der Waals surface area contributed by atoms with Crippen molar-refractivity contribution in [3.05, 3.63) is 53.9 Å². The van der Waals surface area contributed by atoms with Gasteiger partial charge in [0.1, 0.15) is 10.6 Å². The van der Waals surface area contributed by atoms with Crippen LogP contribution in [0, 0.1) is 5.92 Å². The number of nitrogens with zero attached hydrogens (tertiary/aromatic N) is 2. The molecule has 0 amide bonds. The third kappa shape index (κ3) is 2.82. The van der Waals surface area contributed by atoms with Gasteiger partial charge in [0, 0.05) is 37.4 Å². The molecule has 1 aromatic heterocycles. The van der Waals surface area contributed by atoms with Crippen molar-refractivity contribution < 1.29 is 13.2 Å². The molecule has 2 atom stereocenters. The molecule has 0 spiro atoms. The fourth-order valence-electron chi connectivity index (χ4n) is 3.83. The molecule has 7 heteroatoms. The summed E-state index contributed by atoms with van der Waals surface area (Å²) in [5, 5.41) is 3.38. The van der Waals surface area contributed by atoms with Gasteiger partial charge in [-0.15, -0.1) is 0 Å². The largest absolute Gasteiger partial charge is 0.495 e. The van der Waals surface area contributed by atoms with Crippen molar-refractivity contribution in [2.75, 3.05) is 26.7 Å². The predicted molar refractivity (Wildman–Crippen MR) is 93.9 cm³/mol. The molecular formula is C18H21N3O3S. The van der Waals surface area contributed by atoms with Crippen LogP contribution in [-0.2, 0) is 16.6 Å². The Balaban J connectivity index is 1.78. The summed E-state index contributed by atoms with van der Waals surface area (Å²) in [5.41, 5.74) is 2.01. The van der Waals surface area contributed by atoms with Gasteiger partial charge in [0.25, 0.3) is 0 Å². The summed E-state index contributed by atoms with van der Waals surface area (Å²) in [6.07, 6.45) is 1.79. The summed E-state index contributed by atoms with van der Waals surface area (Å²) in [6.45, 7) is 2.47. The maximum absolute atomic E-state index is 13.3. The summed E-state index contributed by atoms with van der Waals surface area (Å²) in [6, 6.07) is 10.6. The van der Waals surface area contributed by atoms with Gasteiger partial charge in [-0.2, -0.15) is 4.31 Å². The van der Waals surface area contributed by atoms with E-state index in [1.807, 2.05) is 12.1 Å². The Morgan fingerprint density at radius 2 is 2.04 bits per heavy atom. The lowest BCUT2D eigenvalue weighted by Gasteiger charge is -2.24. The number of sulfonamides is 1. The lowest BCUT2D eigenvalue weighted by atomic mass is 9.91. The van der Waals surface area contributed by atoms with Crippen molar-refractivity contribution >= 4 is 10.0 Å². The molecule has 1 saturated heterocycles. The number of benzene rings is 1. The van der Waals surface area contributed by atoms with Crippen LogP contribution in [0.15, 0.2) is 47.5 Å². The highest BCUT2D eigenvalue weighted by molar-refractivity contribution is 7.89. The van der Waals surface area contributed by atoms with Crippen LogP contribution in [0.4, 0.5) is 0 Å². The van der Waals surface area contributed by atoms with Crippen molar-refractivity contribution in [3.8, 4) is 5.75 Å². The predicted octanol–water partition coefficient (Wildman–Crippen LogP) is 1.60. The van der Waals surface area contributed by atoms with Crippen LogP contribution in [-0.4, -0.2) is 44.5 Å². The number of rotatable bonds is 3. The van der Waals surface area contributed by atoms with E-state index in [-0.39, 0.29) is 16.7 Å². The SMILES string of the molecule is COc1ccccc1S(=O)(=O)N1Cc2cccnc2[C@@H]2CNC[C@H]2C1. The van der Waals surface area contributed by atoms with Gasteiger partial charge in [0.15, 0.2) is 0 Å². The van der Waals surface area contributed by atoms with Crippen molar-refractivity contribution in [2.24, 2.45) is 5.92 Å². The molecule has 4 rings (SSSR count). The van der Waals surface area contributed by atoms with E-state index >= 15 is 0 Å². The first-order valence-corrected chi connectivity index (χ1v) is 9.83. The molecule has 0 saturated carbocycles. The lowest BCUT2D eigenvalue weighted by molar-refractivity contribution is 0.345. The number of aromatic nitrogens is 1. The van der Waals surface area contributed by atoms with Gasteiger partial charge in [-0.3, -0.25) is 4.98 Å². The topological polar surface area (TPSA) is 71.5 Å². The zero-order chi connectivity index (χ0) is 17.4. The van der Waals surface area contributed by atoms with Crippen LogP contribution in [0.3, 0.4) is 0 Å². The van der Waals surface area contributed by atoms with Gasteiger partial charge in [0.05, 0.1) is 7.11 Å².